The van der Waals surface area contributed by atoms with Crippen LogP contribution in [0.5, 0.6) is 5.75 Å². The number of aromatic nitrogens is 3. The average molecular weight is 449 g/mol. The number of benzene rings is 2. The van der Waals surface area contributed by atoms with E-state index in [-0.39, 0.29) is 23.9 Å². The molecule has 3 aromatic rings. The molecule has 1 aliphatic rings. The minimum absolute atomic E-state index is 0.00952. The maximum absolute atomic E-state index is 13.6. The van der Waals surface area contributed by atoms with Crippen LogP contribution in [0, 0.1) is 5.82 Å². The van der Waals surface area contributed by atoms with Crippen molar-refractivity contribution in [2.45, 2.75) is 12.2 Å². The van der Waals surface area contributed by atoms with Gasteiger partial charge in [0, 0.05) is 25.2 Å². The lowest BCUT2D eigenvalue weighted by Crippen LogP contribution is -2.50. The molecule has 1 amide bonds. The van der Waals surface area contributed by atoms with Crippen LogP contribution < -0.4 is 10.1 Å². The van der Waals surface area contributed by atoms with Gasteiger partial charge in [-0.3, -0.25) is 9.89 Å². The molecule has 1 atom stereocenters. The van der Waals surface area contributed by atoms with Gasteiger partial charge in [-0.05, 0) is 30.3 Å². The first-order chi connectivity index (χ1) is 15.3. The second-order valence-electron chi connectivity index (χ2n) is 7.15. The molecule has 4 rings (SSSR count). The van der Waals surface area contributed by atoms with E-state index in [0.29, 0.717) is 37.3 Å². The Hall–Kier alpha value is -3.47. The van der Waals surface area contributed by atoms with Crippen LogP contribution in [0.3, 0.4) is 0 Å². The number of nitrogens with one attached hydrogen (secondary N) is 2. The predicted molar refractivity (Wildman–Crippen MR) is 106 cm³/mol. The molecule has 7 nitrogen and oxygen atoms in total. The number of nitrogens with zero attached hydrogens (tertiary/aromatic N) is 3. The molecule has 2 N–H and O–H groups in total. The lowest BCUT2D eigenvalue weighted by molar-refractivity contribution is -0.140. The highest BCUT2D eigenvalue weighted by atomic mass is 19.4. The molecule has 0 aliphatic carbocycles. The molecule has 1 unspecified atom stereocenters. The summed E-state index contributed by atoms with van der Waals surface area (Å²) in [6.07, 6.45) is -4.84. The molecule has 0 bridgehead atoms. The molecule has 1 saturated heterocycles. The summed E-state index contributed by atoms with van der Waals surface area (Å²) < 4.78 is 58.2. The number of hydrogen-bond donors (Lipinski definition) is 2. The topological polar surface area (TPSA) is 83.1 Å². The third-order valence-electron chi connectivity index (χ3n) is 5.02. The maximum Gasteiger partial charge on any atom is 0.419 e. The summed E-state index contributed by atoms with van der Waals surface area (Å²) in [7, 11) is 0. The second-order valence-corrected chi connectivity index (χ2v) is 7.15. The van der Waals surface area contributed by atoms with E-state index in [4.69, 9.17) is 4.74 Å². The molecule has 0 radical (unpaired) electrons. The van der Waals surface area contributed by atoms with Crippen LogP contribution in [0.15, 0.2) is 48.5 Å². The number of piperazine rings is 1. The third-order valence-corrected chi connectivity index (χ3v) is 5.02. The summed E-state index contributed by atoms with van der Waals surface area (Å²) in [5, 5.41) is 9.83. The van der Waals surface area contributed by atoms with Crippen molar-refractivity contribution in [2.24, 2.45) is 0 Å². The van der Waals surface area contributed by atoms with Crippen LogP contribution in [0.25, 0.3) is 11.4 Å². The Morgan fingerprint density at radius 1 is 1.19 bits per heavy atom. The number of H-pyrrole nitrogens is 1. The molecular formula is C21H19F4N5O2. The number of para-hydroxylation sites is 1. The number of carbonyl (C=O) groups excluding carboxylic acids is 1. The Labute approximate surface area is 180 Å². The quantitative estimate of drug-likeness (QED) is 0.585. The first-order valence-electron chi connectivity index (χ1n) is 9.80. The number of hydrogen-bond acceptors (Lipinski definition) is 5. The first kappa shape index (κ1) is 21.8. The summed E-state index contributed by atoms with van der Waals surface area (Å²) in [5.74, 6) is -0.795. The van der Waals surface area contributed by atoms with Crippen LogP contribution in [0.2, 0.25) is 0 Å². The molecule has 11 heteroatoms. The number of halogens is 4. The number of carbonyl (C=O) groups is 1. The number of amides is 1. The SMILES string of the molecule is O=C(COc1ccccc1)N1CCNCC1c1nc(-c2ccc(F)c(C(F)(F)F)c2)n[nH]1. The molecule has 1 aromatic heterocycles. The van der Waals surface area contributed by atoms with E-state index in [1.165, 1.54) is 6.07 Å². The van der Waals surface area contributed by atoms with Gasteiger partial charge in [0.1, 0.15) is 23.4 Å². The maximum atomic E-state index is 13.6. The summed E-state index contributed by atoms with van der Waals surface area (Å²) in [4.78, 5) is 18.6. The summed E-state index contributed by atoms with van der Waals surface area (Å²) in [6, 6.07) is 11.0. The molecule has 1 aliphatic heterocycles. The number of alkyl halides is 3. The molecule has 0 spiro atoms. The zero-order chi connectivity index (χ0) is 22.7. The van der Waals surface area contributed by atoms with Gasteiger partial charge in [-0.1, -0.05) is 18.2 Å². The lowest BCUT2D eigenvalue weighted by atomic mass is 10.1. The molecule has 0 saturated carbocycles. The van der Waals surface area contributed by atoms with Crippen LogP contribution in [0.1, 0.15) is 17.4 Å². The molecule has 1 fully saturated rings. The van der Waals surface area contributed by atoms with Gasteiger partial charge in [0.2, 0.25) is 0 Å². The number of aromatic amines is 1. The van der Waals surface area contributed by atoms with E-state index in [9.17, 15) is 22.4 Å². The van der Waals surface area contributed by atoms with E-state index in [0.717, 1.165) is 6.07 Å². The fraction of sp³-hybridized carbons (Fsp3) is 0.286. The van der Waals surface area contributed by atoms with E-state index < -0.39 is 23.6 Å². The van der Waals surface area contributed by atoms with Crippen molar-refractivity contribution >= 4 is 5.91 Å². The van der Waals surface area contributed by atoms with Crippen molar-refractivity contribution in [3.63, 3.8) is 0 Å². The molecule has 2 heterocycles. The standard InChI is InChI=1S/C21H19F4N5O2/c22-16-7-6-13(10-15(16)21(23,24)25)19-27-20(29-28-19)17-11-26-8-9-30(17)18(31)12-32-14-4-2-1-3-5-14/h1-7,10,17,26H,8-9,11-12H2,(H,27,28,29). The van der Waals surface area contributed by atoms with Crippen LogP contribution in [0.4, 0.5) is 17.6 Å². The highest BCUT2D eigenvalue weighted by molar-refractivity contribution is 5.78. The Bertz CT molecular complexity index is 1090. The lowest BCUT2D eigenvalue weighted by Gasteiger charge is -2.34. The highest BCUT2D eigenvalue weighted by Crippen LogP contribution is 2.34. The summed E-state index contributed by atoms with van der Waals surface area (Å²) in [5.41, 5.74) is -1.38. The Morgan fingerprint density at radius 2 is 1.97 bits per heavy atom. The molecule has 2 aromatic carbocycles. The van der Waals surface area contributed by atoms with Crippen molar-refractivity contribution in [3.8, 4) is 17.1 Å². The average Bonchev–Trinajstić information content (AvgIpc) is 3.28. The van der Waals surface area contributed by atoms with Gasteiger partial charge < -0.3 is 15.0 Å². The van der Waals surface area contributed by atoms with Gasteiger partial charge >= 0.3 is 6.18 Å². The zero-order valence-electron chi connectivity index (χ0n) is 16.7. The predicted octanol–water partition coefficient (Wildman–Crippen LogP) is 3.18. The van der Waals surface area contributed by atoms with Crippen LogP contribution >= 0.6 is 0 Å². The number of ether oxygens (including phenoxy) is 1. The van der Waals surface area contributed by atoms with Gasteiger partial charge in [0.05, 0.1) is 5.56 Å². The summed E-state index contributed by atoms with van der Waals surface area (Å²) in [6.45, 7) is 1.17. The van der Waals surface area contributed by atoms with Crippen molar-refractivity contribution in [3.05, 3.63) is 65.7 Å². The zero-order valence-corrected chi connectivity index (χ0v) is 16.7. The van der Waals surface area contributed by atoms with Crippen molar-refractivity contribution in [1.82, 2.24) is 25.4 Å². The van der Waals surface area contributed by atoms with Gasteiger partial charge in [-0.2, -0.15) is 18.3 Å². The minimum Gasteiger partial charge on any atom is -0.484 e. The smallest absolute Gasteiger partial charge is 0.419 e. The van der Waals surface area contributed by atoms with E-state index >= 15 is 0 Å². The van der Waals surface area contributed by atoms with Crippen LogP contribution in [-0.2, 0) is 11.0 Å². The highest BCUT2D eigenvalue weighted by Gasteiger charge is 2.35. The van der Waals surface area contributed by atoms with E-state index in [1.54, 1.807) is 29.2 Å². The van der Waals surface area contributed by atoms with Crippen LogP contribution in [-0.4, -0.2) is 52.2 Å². The van der Waals surface area contributed by atoms with E-state index in [1.807, 2.05) is 6.07 Å². The van der Waals surface area contributed by atoms with Crippen molar-refractivity contribution in [2.75, 3.05) is 26.2 Å². The van der Waals surface area contributed by atoms with Gasteiger partial charge in [0.25, 0.3) is 5.91 Å². The summed E-state index contributed by atoms with van der Waals surface area (Å²) >= 11 is 0. The van der Waals surface area contributed by atoms with Gasteiger partial charge in [0.15, 0.2) is 12.4 Å². The first-order valence-corrected chi connectivity index (χ1v) is 9.80. The largest absolute Gasteiger partial charge is 0.484 e. The Kier molecular flexibility index (Phi) is 6.08. The Balaban J connectivity index is 1.52. The van der Waals surface area contributed by atoms with Crippen molar-refractivity contribution < 1.29 is 27.1 Å². The fourth-order valence-corrected chi connectivity index (χ4v) is 3.43. The van der Waals surface area contributed by atoms with E-state index in [2.05, 4.69) is 20.5 Å². The van der Waals surface area contributed by atoms with Crippen molar-refractivity contribution in [1.29, 1.82) is 0 Å². The molecule has 168 valence electrons. The third kappa shape index (κ3) is 4.72. The van der Waals surface area contributed by atoms with Gasteiger partial charge in [-0.15, -0.1) is 0 Å². The van der Waals surface area contributed by atoms with Gasteiger partial charge in [-0.25, -0.2) is 9.37 Å². The second kappa shape index (κ2) is 8.95. The molecule has 32 heavy (non-hydrogen) atoms. The minimum atomic E-state index is -4.84. The normalized spacial score (nSPS) is 16.8. The molecular weight excluding hydrogens is 430 g/mol. The Morgan fingerprint density at radius 3 is 2.72 bits per heavy atom. The fourth-order valence-electron chi connectivity index (χ4n) is 3.43. The number of rotatable bonds is 5. The monoisotopic (exact) mass is 449 g/mol.